The van der Waals surface area contributed by atoms with E-state index in [2.05, 4.69) is 0 Å². The number of methoxy groups -OCH3 is 1. The van der Waals surface area contributed by atoms with Crippen LogP contribution in [0.3, 0.4) is 0 Å². The zero-order valence-electron chi connectivity index (χ0n) is 16.4. The van der Waals surface area contributed by atoms with Crippen molar-refractivity contribution in [3.63, 3.8) is 0 Å². The van der Waals surface area contributed by atoms with Crippen molar-refractivity contribution in [3.05, 3.63) is 77.1 Å². The van der Waals surface area contributed by atoms with Gasteiger partial charge in [-0.3, -0.25) is 9.59 Å². The highest BCUT2D eigenvalue weighted by molar-refractivity contribution is 6.09. The van der Waals surface area contributed by atoms with Crippen molar-refractivity contribution >= 4 is 11.7 Å². The summed E-state index contributed by atoms with van der Waals surface area (Å²) in [5.74, 6) is -0.524. The van der Waals surface area contributed by atoms with Gasteiger partial charge in [-0.25, -0.2) is 0 Å². The van der Waals surface area contributed by atoms with Gasteiger partial charge in [0.2, 0.25) is 0 Å². The van der Waals surface area contributed by atoms with Gasteiger partial charge in [-0.1, -0.05) is 62.4 Å². The molecule has 0 aliphatic carbocycles. The number of ketones is 1. The summed E-state index contributed by atoms with van der Waals surface area (Å²) in [7, 11) is 1.55. The van der Waals surface area contributed by atoms with Gasteiger partial charge in [0.15, 0.2) is 11.5 Å². The van der Waals surface area contributed by atoms with E-state index in [0.717, 1.165) is 5.56 Å². The summed E-state index contributed by atoms with van der Waals surface area (Å²) >= 11 is 0. The van der Waals surface area contributed by atoms with Gasteiger partial charge in [-0.15, -0.1) is 0 Å². The summed E-state index contributed by atoms with van der Waals surface area (Å²) in [4.78, 5) is 27.4. The molecule has 0 bridgehead atoms. The first-order valence-corrected chi connectivity index (χ1v) is 9.38. The van der Waals surface area contributed by atoms with Crippen LogP contribution in [0.25, 0.3) is 0 Å². The van der Waals surface area contributed by atoms with E-state index in [0.29, 0.717) is 11.3 Å². The number of rotatable bonds is 7. The molecule has 0 saturated heterocycles. The average Bonchev–Trinajstić information content (AvgIpc) is 2.93. The molecule has 1 heterocycles. The number of carbonyl (C=O) groups excluding carboxylic acids is 2. The van der Waals surface area contributed by atoms with E-state index in [9.17, 15) is 14.7 Å². The first-order chi connectivity index (χ1) is 13.4. The summed E-state index contributed by atoms with van der Waals surface area (Å²) in [6.45, 7) is 4.16. The van der Waals surface area contributed by atoms with Crippen molar-refractivity contribution in [1.82, 2.24) is 4.90 Å². The van der Waals surface area contributed by atoms with Crippen molar-refractivity contribution in [2.24, 2.45) is 5.92 Å². The molecule has 5 heteroatoms. The zero-order valence-corrected chi connectivity index (χ0v) is 16.4. The molecule has 1 unspecified atom stereocenters. The minimum absolute atomic E-state index is 0.115. The summed E-state index contributed by atoms with van der Waals surface area (Å²) in [6.07, 6.45) is 0.261. The average molecular weight is 379 g/mol. The van der Waals surface area contributed by atoms with Gasteiger partial charge in [0.1, 0.15) is 5.75 Å². The Balaban J connectivity index is 2.09. The van der Waals surface area contributed by atoms with E-state index >= 15 is 0 Å². The lowest BCUT2D eigenvalue weighted by Gasteiger charge is -2.28. The van der Waals surface area contributed by atoms with E-state index in [4.69, 9.17) is 4.74 Å². The smallest absolute Gasteiger partial charge is 0.290 e. The lowest BCUT2D eigenvalue weighted by atomic mass is 9.91. The van der Waals surface area contributed by atoms with Crippen molar-refractivity contribution in [2.75, 3.05) is 7.11 Å². The maximum absolute atomic E-state index is 13.0. The topological polar surface area (TPSA) is 66.8 Å². The zero-order chi connectivity index (χ0) is 20.3. The van der Waals surface area contributed by atoms with Crippen LogP contribution < -0.4 is 4.74 Å². The van der Waals surface area contributed by atoms with Crippen LogP contribution in [0, 0.1) is 5.92 Å². The number of nitrogens with zero attached hydrogens (tertiary/aromatic N) is 1. The van der Waals surface area contributed by atoms with Gasteiger partial charge >= 0.3 is 0 Å². The van der Waals surface area contributed by atoms with Crippen LogP contribution in [-0.4, -0.2) is 28.8 Å². The molecule has 0 fully saturated rings. The molecular weight excluding hydrogens is 354 g/mol. The minimum atomic E-state index is -0.685. The number of para-hydroxylation sites is 1. The van der Waals surface area contributed by atoms with E-state index in [1.54, 1.807) is 13.2 Å². The Morgan fingerprint density at radius 3 is 2.39 bits per heavy atom. The Kier molecular flexibility index (Phi) is 5.83. The molecule has 28 heavy (non-hydrogen) atoms. The lowest BCUT2D eigenvalue weighted by Crippen LogP contribution is -2.31. The third-order valence-corrected chi connectivity index (χ3v) is 4.83. The number of hydrogen-bond donors (Lipinski definition) is 1. The van der Waals surface area contributed by atoms with Crippen LogP contribution in [-0.2, 0) is 16.1 Å². The number of aliphatic hydroxyl groups is 1. The van der Waals surface area contributed by atoms with Gasteiger partial charge < -0.3 is 14.7 Å². The summed E-state index contributed by atoms with van der Waals surface area (Å²) in [5, 5.41) is 10.6. The van der Waals surface area contributed by atoms with Gasteiger partial charge in [0.25, 0.3) is 5.91 Å². The van der Waals surface area contributed by atoms with Crippen LogP contribution >= 0.6 is 0 Å². The molecule has 2 aromatic carbocycles. The van der Waals surface area contributed by atoms with E-state index in [-0.39, 0.29) is 30.2 Å². The van der Waals surface area contributed by atoms with Gasteiger partial charge in [0.05, 0.1) is 18.7 Å². The summed E-state index contributed by atoms with van der Waals surface area (Å²) in [6, 6.07) is 16.1. The Labute approximate surface area is 165 Å². The largest absolute Gasteiger partial charge is 0.503 e. The molecule has 5 nitrogen and oxygen atoms in total. The standard InChI is InChI=1S/C23H25NO4/c1-15(2)13-18(25)20-21(17-11-7-8-12-19(17)28-3)24(23(27)22(20)26)14-16-9-5-4-6-10-16/h4-12,15,21,26H,13-14H2,1-3H3. The first kappa shape index (κ1) is 19.7. The molecule has 1 N–H and O–H groups in total. The fourth-order valence-electron chi connectivity index (χ4n) is 3.58. The van der Waals surface area contributed by atoms with Crippen molar-refractivity contribution in [3.8, 4) is 5.75 Å². The fourth-order valence-corrected chi connectivity index (χ4v) is 3.58. The van der Waals surface area contributed by atoms with E-state index < -0.39 is 17.7 Å². The van der Waals surface area contributed by atoms with Crippen LogP contribution in [0.5, 0.6) is 5.75 Å². The molecule has 0 aromatic heterocycles. The molecule has 0 spiro atoms. The van der Waals surface area contributed by atoms with Gasteiger partial charge in [-0.05, 0) is 17.5 Å². The minimum Gasteiger partial charge on any atom is -0.503 e. The van der Waals surface area contributed by atoms with Crippen molar-refractivity contribution < 1.29 is 19.4 Å². The SMILES string of the molecule is COc1ccccc1C1C(C(=O)CC(C)C)=C(O)C(=O)N1Cc1ccccc1. The Morgan fingerprint density at radius 1 is 1.11 bits per heavy atom. The molecule has 0 radical (unpaired) electrons. The van der Waals surface area contributed by atoms with E-state index in [1.165, 1.54) is 4.90 Å². The maximum Gasteiger partial charge on any atom is 0.290 e. The number of aliphatic hydroxyl groups excluding tert-OH is 1. The Hall–Kier alpha value is -3.08. The fraction of sp³-hybridized carbons (Fsp3) is 0.304. The highest BCUT2D eigenvalue weighted by Gasteiger charge is 2.44. The lowest BCUT2D eigenvalue weighted by molar-refractivity contribution is -0.130. The van der Waals surface area contributed by atoms with Crippen LogP contribution in [0.4, 0.5) is 0 Å². The second kappa shape index (κ2) is 8.30. The van der Waals surface area contributed by atoms with Crippen molar-refractivity contribution in [2.45, 2.75) is 32.9 Å². The molecule has 3 rings (SSSR count). The van der Waals surface area contributed by atoms with Crippen LogP contribution in [0.15, 0.2) is 65.9 Å². The predicted octanol–water partition coefficient (Wildman–Crippen LogP) is 4.21. The third kappa shape index (κ3) is 3.79. The molecule has 1 amide bonds. The molecular formula is C23H25NO4. The van der Waals surface area contributed by atoms with Gasteiger partial charge in [-0.2, -0.15) is 0 Å². The number of ether oxygens (including phenoxy) is 1. The number of amides is 1. The number of hydrogen-bond acceptors (Lipinski definition) is 4. The van der Waals surface area contributed by atoms with Crippen LogP contribution in [0.2, 0.25) is 0 Å². The van der Waals surface area contributed by atoms with E-state index in [1.807, 2.05) is 62.4 Å². The third-order valence-electron chi connectivity index (χ3n) is 4.83. The highest BCUT2D eigenvalue weighted by atomic mass is 16.5. The predicted molar refractivity (Wildman–Crippen MR) is 107 cm³/mol. The normalized spacial score (nSPS) is 16.8. The van der Waals surface area contributed by atoms with Crippen molar-refractivity contribution in [1.29, 1.82) is 0 Å². The molecule has 0 saturated carbocycles. The van der Waals surface area contributed by atoms with Gasteiger partial charge in [0, 0.05) is 18.5 Å². The van der Waals surface area contributed by atoms with Crippen LogP contribution in [0.1, 0.15) is 37.4 Å². The number of carbonyl (C=O) groups is 2. The highest BCUT2D eigenvalue weighted by Crippen LogP contribution is 2.42. The Morgan fingerprint density at radius 2 is 1.75 bits per heavy atom. The first-order valence-electron chi connectivity index (χ1n) is 9.38. The molecule has 146 valence electrons. The summed E-state index contributed by atoms with van der Waals surface area (Å²) in [5.41, 5.74) is 1.76. The molecule has 1 aliphatic heterocycles. The maximum atomic E-state index is 13.0. The molecule has 1 aliphatic rings. The Bertz CT molecular complexity index is 902. The molecule has 1 atom stereocenters. The molecule has 2 aromatic rings. The second-order valence-corrected chi connectivity index (χ2v) is 7.35. The quantitative estimate of drug-likeness (QED) is 0.783. The number of benzene rings is 2. The number of Topliss-reactive ketones (excluding diaryl/α,β-unsaturated/α-hetero) is 1. The summed E-state index contributed by atoms with van der Waals surface area (Å²) < 4.78 is 5.48. The monoisotopic (exact) mass is 379 g/mol. The second-order valence-electron chi connectivity index (χ2n) is 7.35.